The van der Waals surface area contributed by atoms with Crippen LogP contribution < -0.4 is 9.62 Å². The van der Waals surface area contributed by atoms with Crippen molar-refractivity contribution in [2.24, 2.45) is 0 Å². The molecule has 0 bridgehead atoms. The zero-order chi connectivity index (χ0) is 31.9. The molecule has 0 fully saturated rings. The van der Waals surface area contributed by atoms with Gasteiger partial charge in [-0.25, -0.2) is 8.42 Å². The molecule has 230 valence electrons. The molecule has 4 rings (SSSR count). The van der Waals surface area contributed by atoms with Gasteiger partial charge in [0, 0.05) is 23.0 Å². The zero-order valence-electron chi connectivity index (χ0n) is 24.8. The topological polar surface area (TPSA) is 86.8 Å². The van der Waals surface area contributed by atoms with Gasteiger partial charge in [0.05, 0.1) is 15.6 Å². The summed E-state index contributed by atoms with van der Waals surface area (Å²) in [5, 5.41) is 3.20. The Kier molecular flexibility index (Phi) is 10.9. The minimum absolute atomic E-state index is 0.0125. The second-order valence-electron chi connectivity index (χ2n) is 11.4. The van der Waals surface area contributed by atoms with Crippen LogP contribution in [0.2, 0.25) is 5.02 Å². The van der Waals surface area contributed by atoms with Gasteiger partial charge < -0.3 is 10.2 Å². The molecule has 0 aliphatic rings. The molecule has 4 aromatic carbocycles. The first-order valence-electron chi connectivity index (χ1n) is 14.1. The van der Waals surface area contributed by atoms with Crippen molar-refractivity contribution in [1.82, 2.24) is 10.2 Å². The van der Waals surface area contributed by atoms with Gasteiger partial charge in [-0.05, 0) is 68.3 Å². The first-order chi connectivity index (χ1) is 20.8. The van der Waals surface area contributed by atoms with Gasteiger partial charge in [0.15, 0.2) is 0 Å². The summed E-state index contributed by atoms with van der Waals surface area (Å²) in [6.45, 7) is 5.11. The van der Waals surface area contributed by atoms with Crippen molar-refractivity contribution in [1.29, 1.82) is 0 Å². The molecule has 0 spiro atoms. The number of hydrogen-bond donors (Lipinski definition) is 1. The van der Waals surface area contributed by atoms with Crippen LogP contribution in [0, 0.1) is 0 Å². The summed E-state index contributed by atoms with van der Waals surface area (Å²) in [5.41, 5.74) is 1.22. The second kappa shape index (κ2) is 14.4. The Balaban J connectivity index is 1.82. The fourth-order valence-corrected chi connectivity index (χ4v) is 6.69. The molecule has 1 unspecified atom stereocenters. The highest BCUT2D eigenvalue weighted by molar-refractivity contribution is 9.10. The van der Waals surface area contributed by atoms with E-state index >= 15 is 0 Å². The molecule has 0 radical (unpaired) electrons. The lowest BCUT2D eigenvalue weighted by molar-refractivity contribution is -0.140. The average Bonchev–Trinajstić information content (AvgIpc) is 2.99. The lowest BCUT2D eigenvalue weighted by Crippen LogP contribution is -2.56. The molecule has 0 aliphatic heterocycles. The molecule has 0 saturated heterocycles. The number of sulfonamides is 1. The van der Waals surface area contributed by atoms with Crippen molar-refractivity contribution in [2.45, 2.75) is 50.2 Å². The molecule has 4 aromatic rings. The number of nitrogens with zero attached hydrogens (tertiary/aromatic N) is 2. The summed E-state index contributed by atoms with van der Waals surface area (Å²) in [6, 6.07) is 30.3. The number of benzene rings is 4. The van der Waals surface area contributed by atoms with Gasteiger partial charge in [-0.1, -0.05) is 100 Å². The van der Waals surface area contributed by atoms with Crippen molar-refractivity contribution in [3.05, 3.63) is 130 Å². The number of nitrogens with one attached hydrogen (secondary N) is 1. The molecule has 44 heavy (non-hydrogen) atoms. The summed E-state index contributed by atoms with van der Waals surface area (Å²) >= 11 is 9.96. The number of anilines is 1. The van der Waals surface area contributed by atoms with Gasteiger partial charge in [0.25, 0.3) is 10.0 Å². The van der Waals surface area contributed by atoms with Gasteiger partial charge in [-0.15, -0.1) is 0 Å². The standard InChI is InChI=1S/C34H35BrClN3O4S/c1-34(2,3)37-33(41)31(22-25-12-6-4-7-13-25)38(23-26-18-20-27(35)21-19-26)32(40)24-39(30-17-11-10-16-29(30)36)44(42,43)28-14-8-5-9-15-28/h4-21,31H,22-24H2,1-3H3,(H,37,41). The molecule has 0 aliphatic carbocycles. The summed E-state index contributed by atoms with van der Waals surface area (Å²) in [4.78, 5) is 29.9. The fraction of sp³-hybridized carbons (Fsp3) is 0.235. The highest BCUT2D eigenvalue weighted by Gasteiger charge is 2.36. The number of carbonyl (C=O) groups excluding carboxylic acids is 2. The molecular weight excluding hydrogens is 662 g/mol. The van der Waals surface area contributed by atoms with Crippen LogP contribution in [-0.4, -0.2) is 43.3 Å². The van der Waals surface area contributed by atoms with Gasteiger partial charge in [-0.3, -0.25) is 13.9 Å². The first-order valence-corrected chi connectivity index (χ1v) is 16.7. The van der Waals surface area contributed by atoms with Crippen LogP contribution in [0.4, 0.5) is 5.69 Å². The normalized spacial score (nSPS) is 12.3. The van der Waals surface area contributed by atoms with E-state index in [1.54, 1.807) is 42.5 Å². The molecule has 10 heteroatoms. The predicted molar refractivity (Wildman–Crippen MR) is 179 cm³/mol. The monoisotopic (exact) mass is 695 g/mol. The first kappa shape index (κ1) is 33.2. The van der Waals surface area contributed by atoms with Crippen LogP contribution in [0.3, 0.4) is 0 Å². The van der Waals surface area contributed by atoms with E-state index in [2.05, 4.69) is 21.2 Å². The Morgan fingerprint density at radius 2 is 1.39 bits per heavy atom. The van der Waals surface area contributed by atoms with Crippen molar-refractivity contribution in [3.63, 3.8) is 0 Å². The van der Waals surface area contributed by atoms with E-state index in [9.17, 15) is 18.0 Å². The average molecular weight is 697 g/mol. The van der Waals surface area contributed by atoms with Crippen LogP contribution in [0.15, 0.2) is 119 Å². The maximum absolute atomic E-state index is 14.5. The third-order valence-corrected chi connectivity index (χ3v) is 9.39. The van der Waals surface area contributed by atoms with Crippen LogP contribution in [0.1, 0.15) is 31.9 Å². The molecule has 2 amide bonds. The smallest absolute Gasteiger partial charge is 0.264 e. The lowest BCUT2D eigenvalue weighted by Gasteiger charge is -2.35. The van der Waals surface area contributed by atoms with Crippen molar-refractivity contribution in [3.8, 4) is 0 Å². The van der Waals surface area contributed by atoms with Gasteiger partial charge in [0.2, 0.25) is 11.8 Å². The van der Waals surface area contributed by atoms with Crippen molar-refractivity contribution < 1.29 is 18.0 Å². The molecule has 0 heterocycles. The van der Waals surface area contributed by atoms with E-state index in [1.807, 2.05) is 75.4 Å². The summed E-state index contributed by atoms with van der Waals surface area (Å²) in [5.74, 6) is -0.903. The minimum Gasteiger partial charge on any atom is -0.350 e. The number of halogens is 2. The zero-order valence-corrected chi connectivity index (χ0v) is 27.9. The van der Waals surface area contributed by atoms with Gasteiger partial charge in [-0.2, -0.15) is 0 Å². The lowest BCUT2D eigenvalue weighted by atomic mass is 10.0. The third-order valence-electron chi connectivity index (χ3n) is 6.77. The highest BCUT2D eigenvalue weighted by atomic mass is 79.9. The Morgan fingerprint density at radius 1 is 0.818 bits per heavy atom. The number of rotatable bonds is 11. The van der Waals surface area contributed by atoms with Gasteiger partial charge >= 0.3 is 0 Å². The van der Waals surface area contributed by atoms with E-state index in [4.69, 9.17) is 11.6 Å². The molecule has 0 aromatic heterocycles. The Bertz CT molecular complexity index is 1680. The molecule has 7 nitrogen and oxygen atoms in total. The largest absolute Gasteiger partial charge is 0.350 e. The second-order valence-corrected chi connectivity index (χ2v) is 14.6. The Labute approximate surface area is 273 Å². The summed E-state index contributed by atoms with van der Waals surface area (Å²) < 4.78 is 29.9. The van der Waals surface area contributed by atoms with E-state index in [0.717, 1.165) is 19.9 Å². The molecular formula is C34H35BrClN3O4S. The van der Waals surface area contributed by atoms with Crippen LogP contribution in [0.25, 0.3) is 0 Å². The third kappa shape index (κ3) is 8.71. The molecule has 0 saturated carbocycles. The van der Waals surface area contributed by atoms with Crippen molar-refractivity contribution >= 4 is 55.1 Å². The molecule has 1 atom stereocenters. The maximum atomic E-state index is 14.5. The maximum Gasteiger partial charge on any atom is 0.264 e. The van der Waals surface area contributed by atoms with E-state index in [-0.39, 0.29) is 34.5 Å². The van der Waals surface area contributed by atoms with Crippen molar-refractivity contribution in [2.75, 3.05) is 10.8 Å². The summed E-state index contributed by atoms with van der Waals surface area (Å²) in [6.07, 6.45) is 0.225. The van der Waals surface area contributed by atoms with Gasteiger partial charge in [0.1, 0.15) is 12.6 Å². The molecule has 1 N–H and O–H groups in total. The summed E-state index contributed by atoms with van der Waals surface area (Å²) in [7, 11) is -4.22. The predicted octanol–water partition coefficient (Wildman–Crippen LogP) is 6.85. The van der Waals surface area contributed by atoms with E-state index < -0.39 is 34.1 Å². The van der Waals surface area contributed by atoms with Crippen LogP contribution in [0.5, 0.6) is 0 Å². The Morgan fingerprint density at radius 3 is 1.98 bits per heavy atom. The minimum atomic E-state index is -4.22. The quantitative estimate of drug-likeness (QED) is 0.186. The van der Waals surface area contributed by atoms with E-state index in [0.29, 0.717) is 0 Å². The SMILES string of the molecule is CC(C)(C)NC(=O)C(Cc1ccccc1)N(Cc1ccc(Br)cc1)C(=O)CN(c1ccccc1Cl)S(=O)(=O)c1ccccc1. The number of carbonyl (C=O) groups is 2. The number of amides is 2. The highest BCUT2D eigenvalue weighted by Crippen LogP contribution is 2.31. The van der Waals surface area contributed by atoms with E-state index in [1.165, 1.54) is 17.0 Å². The fourth-order valence-electron chi connectivity index (χ4n) is 4.68. The van der Waals surface area contributed by atoms with Crippen LogP contribution in [-0.2, 0) is 32.6 Å². The number of hydrogen-bond acceptors (Lipinski definition) is 4. The van der Waals surface area contributed by atoms with Crippen LogP contribution >= 0.6 is 27.5 Å². The number of para-hydroxylation sites is 1. The Hall–Kier alpha value is -3.66.